The van der Waals surface area contributed by atoms with Crippen LogP contribution in [0.1, 0.15) is 16.7 Å². The zero-order valence-electron chi connectivity index (χ0n) is 14.8. The van der Waals surface area contributed by atoms with Crippen molar-refractivity contribution < 1.29 is 0 Å². The number of nitrogens with one attached hydrogen (secondary N) is 1. The van der Waals surface area contributed by atoms with Gasteiger partial charge in [-0.05, 0) is 42.7 Å². The van der Waals surface area contributed by atoms with Crippen LogP contribution in [0.3, 0.4) is 0 Å². The highest BCUT2D eigenvalue weighted by molar-refractivity contribution is 5.82. The van der Waals surface area contributed by atoms with Gasteiger partial charge in [0, 0.05) is 12.6 Å². The molecule has 0 atom stereocenters. The largest absolute Gasteiger partial charge is 0.369 e. The molecule has 2 aromatic heterocycles. The van der Waals surface area contributed by atoms with E-state index < -0.39 is 0 Å². The Labute approximate surface area is 151 Å². The fourth-order valence-electron chi connectivity index (χ4n) is 2.95. The monoisotopic (exact) mass is 344 g/mol. The molecule has 6 nitrogen and oxygen atoms in total. The molecule has 2 heterocycles. The van der Waals surface area contributed by atoms with Crippen LogP contribution in [0, 0.1) is 13.8 Å². The number of rotatable bonds is 4. The van der Waals surface area contributed by atoms with E-state index in [2.05, 4.69) is 52.3 Å². The molecule has 3 N–H and O–H groups in total. The van der Waals surface area contributed by atoms with Crippen molar-refractivity contribution in [2.45, 2.75) is 20.4 Å². The second-order valence-electron chi connectivity index (χ2n) is 6.33. The van der Waals surface area contributed by atoms with E-state index in [4.69, 9.17) is 5.73 Å². The van der Waals surface area contributed by atoms with Gasteiger partial charge in [0.05, 0.1) is 11.0 Å². The zero-order chi connectivity index (χ0) is 18.1. The van der Waals surface area contributed by atoms with Crippen LogP contribution in [0.4, 0.5) is 11.8 Å². The summed E-state index contributed by atoms with van der Waals surface area (Å²) in [6, 6.07) is 16.2. The van der Waals surface area contributed by atoms with Crippen molar-refractivity contribution in [1.29, 1.82) is 0 Å². The number of anilines is 2. The van der Waals surface area contributed by atoms with Gasteiger partial charge in [-0.1, -0.05) is 30.3 Å². The number of nitrogen functional groups attached to an aromatic ring is 1. The molecule has 4 aromatic rings. The topological polar surface area (TPSA) is 81.6 Å². The summed E-state index contributed by atoms with van der Waals surface area (Å²) in [4.78, 5) is 13.2. The molecular weight excluding hydrogens is 324 g/mol. The number of aryl methyl sites for hydroxylation is 2. The number of nitrogens with zero attached hydrogens (tertiary/aromatic N) is 4. The molecule has 0 radical (unpaired) electrons. The Balaban J connectivity index is 1.69. The summed E-state index contributed by atoms with van der Waals surface area (Å²) in [6.07, 6.45) is 1.54. The lowest BCUT2D eigenvalue weighted by Crippen LogP contribution is -2.06. The summed E-state index contributed by atoms with van der Waals surface area (Å²) in [5, 5.41) is 3.33. The van der Waals surface area contributed by atoms with Gasteiger partial charge in [0.1, 0.15) is 18.0 Å². The summed E-state index contributed by atoms with van der Waals surface area (Å²) in [5.41, 5.74) is 11.5. The third-order valence-corrected chi connectivity index (χ3v) is 4.49. The van der Waals surface area contributed by atoms with E-state index in [1.807, 2.05) is 34.9 Å². The SMILES string of the molecule is Cc1cc2nc(N)n(-c3cc(NCc4ccccc4)ncn3)c2cc1C. The maximum atomic E-state index is 6.17. The van der Waals surface area contributed by atoms with Crippen LogP contribution in [-0.2, 0) is 6.54 Å². The number of hydrogen-bond acceptors (Lipinski definition) is 5. The average molecular weight is 344 g/mol. The van der Waals surface area contributed by atoms with Crippen molar-refractivity contribution in [2.24, 2.45) is 0 Å². The van der Waals surface area contributed by atoms with Gasteiger partial charge in [-0.25, -0.2) is 15.0 Å². The first-order valence-electron chi connectivity index (χ1n) is 8.47. The van der Waals surface area contributed by atoms with Crippen molar-refractivity contribution in [1.82, 2.24) is 19.5 Å². The smallest absolute Gasteiger partial charge is 0.207 e. The van der Waals surface area contributed by atoms with Gasteiger partial charge >= 0.3 is 0 Å². The van der Waals surface area contributed by atoms with Gasteiger partial charge in [-0.3, -0.25) is 4.57 Å². The number of nitrogens with two attached hydrogens (primary N) is 1. The summed E-state index contributed by atoms with van der Waals surface area (Å²) in [7, 11) is 0. The lowest BCUT2D eigenvalue weighted by molar-refractivity contribution is 0.995. The van der Waals surface area contributed by atoms with E-state index in [9.17, 15) is 0 Å². The molecule has 2 aromatic carbocycles. The molecule has 0 fully saturated rings. The van der Waals surface area contributed by atoms with E-state index >= 15 is 0 Å². The first-order chi connectivity index (χ1) is 12.6. The summed E-state index contributed by atoms with van der Waals surface area (Å²) < 4.78 is 1.86. The molecule has 0 aliphatic carbocycles. The second-order valence-corrected chi connectivity index (χ2v) is 6.33. The highest BCUT2D eigenvalue weighted by atomic mass is 15.2. The number of benzene rings is 2. The zero-order valence-corrected chi connectivity index (χ0v) is 14.8. The third kappa shape index (κ3) is 2.97. The molecule has 4 rings (SSSR count). The first kappa shape index (κ1) is 16.1. The van der Waals surface area contributed by atoms with Crippen molar-refractivity contribution in [3.63, 3.8) is 0 Å². The van der Waals surface area contributed by atoms with Crippen LogP contribution in [0.5, 0.6) is 0 Å². The Bertz CT molecular complexity index is 1070. The van der Waals surface area contributed by atoms with Crippen molar-refractivity contribution >= 4 is 22.8 Å². The molecule has 130 valence electrons. The molecule has 26 heavy (non-hydrogen) atoms. The van der Waals surface area contributed by atoms with Crippen LogP contribution in [-0.4, -0.2) is 19.5 Å². The summed E-state index contributed by atoms with van der Waals surface area (Å²) >= 11 is 0. The lowest BCUT2D eigenvalue weighted by Gasteiger charge is -2.09. The predicted molar refractivity (Wildman–Crippen MR) is 104 cm³/mol. The Kier molecular flexibility index (Phi) is 4.01. The molecule has 0 amide bonds. The summed E-state index contributed by atoms with van der Waals surface area (Å²) in [5.74, 6) is 1.85. The van der Waals surface area contributed by atoms with Crippen LogP contribution >= 0.6 is 0 Å². The maximum absolute atomic E-state index is 6.17. The van der Waals surface area contributed by atoms with E-state index in [-0.39, 0.29) is 0 Å². The standard InChI is InChI=1S/C20H20N6/c1-13-8-16-17(9-14(13)2)26(20(21)25-16)19-10-18(23-12-24-19)22-11-15-6-4-3-5-7-15/h3-10,12H,11H2,1-2H3,(H2,21,25)(H,22,23,24). The summed E-state index contributed by atoms with van der Waals surface area (Å²) in [6.45, 7) is 4.84. The van der Waals surface area contributed by atoms with E-state index in [0.717, 1.165) is 16.9 Å². The highest BCUT2D eigenvalue weighted by Gasteiger charge is 2.13. The second kappa shape index (κ2) is 6.48. The fraction of sp³-hybridized carbons (Fsp3) is 0.150. The minimum atomic E-state index is 0.415. The van der Waals surface area contributed by atoms with Crippen LogP contribution in [0.25, 0.3) is 16.9 Å². The van der Waals surface area contributed by atoms with Gasteiger partial charge in [0.2, 0.25) is 5.95 Å². The van der Waals surface area contributed by atoms with E-state index in [0.29, 0.717) is 18.3 Å². The molecule has 0 bridgehead atoms. The molecule has 6 heteroatoms. The molecular formula is C20H20N6. The minimum Gasteiger partial charge on any atom is -0.369 e. The van der Waals surface area contributed by atoms with Gasteiger partial charge in [0.15, 0.2) is 0 Å². The Morgan fingerprint density at radius 1 is 1.00 bits per heavy atom. The first-order valence-corrected chi connectivity index (χ1v) is 8.47. The molecule has 0 spiro atoms. The van der Waals surface area contributed by atoms with E-state index in [1.54, 1.807) is 0 Å². The fourth-order valence-corrected chi connectivity index (χ4v) is 2.95. The van der Waals surface area contributed by atoms with Gasteiger partial charge in [-0.2, -0.15) is 0 Å². The Hall–Kier alpha value is -3.41. The number of aromatic nitrogens is 4. The van der Waals surface area contributed by atoms with Crippen LogP contribution < -0.4 is 11.1 Å². The van der Waals surface area contributed by atoms with Crippen molar-refractivity contribution in [3.05, 3.63) is 71.5 Å². The Morgan fingerprint density at radius 2 is 1.77 bits per heavy atom. The van der Waals surface area contributed by atoms with Crippen molar-refractivity contribution in [2.75, 3.05) is 11.1 Å². The molecule has 0 aliphatic heterocycles. The lowest BCUT2D eigenvalue weighted by atomic mass is 10.1. The van der Waals surface area contributed by atoms with Gasteiger partial charge < -0.3 is 11.1 Å². The quantitative estimate of drug-likeness (QED) is 0.591. The molecule has 0 unspecified atom stereocenters. The number of hydrogen-bond donors (Lipinski definition) is 2. The average Bonchev–Trinajstić information content (AvgIpc) is 2.96. The van der Waals surface area contributed by atoms with Crippen molar-refractivity contribution in [3.8, 4) is 5.82 Å². The number of fused-ring (bicyclic) bond motifs is 1. The molecule has 0 aliphatic rings. The normalized spacial score (nSPS) is 11.0. The van der Waals surface area contributed by atoms with Crippen LogP contribution in [0.2, 0.25) is 0 Å². The molecule has 0 saturated heterocycles. The maximum Gasteiger partial charge on any atom is 0.207 e. The highest BCUT2D eigenvalue weighted by Crippen LogP contribution is 2.25. The van der Waals surface area contributed by atoms with Gasteiger partial charge in [0.25, 0.3) is 0 Å². The minimum absolute atomic E-state index is 0.415. The number of imidazole rings is 1. The Morgan fingerprint density at radius 3 is 2.58 bits per heavy atom. The van der Waals surface area contributed by atoms with Crippen LogP contribution in [0.15, 0.2) is 54.9 Å². The predicted octanol–water partition coefficient (Wildman–Crippen LogP) is 3.63. The van der Waals surface area contributed by atoms with Gasteiger partial charge in [-0.15, -0.1) is 0 Å². The molecule has 0 saturated carbocycles. The third-order valence-electron chi connectivity index (χ3n) is 4.49. The van der Waals surface area contributed by atoms with E-state index in [1.165, 1.54) is 23.0 Å².